The van der Waals surface area contributed by atoms with Gasteiger partial charge in [0.05, 0.1) is 0 Å². The molecule has 0 aliphatic carbocycles. The Hall–Kier alpha value is -2.11. The number of benzene rings is 4. The molecule has 0 heterocycles. The van der Waals surface area contributed by atoms with E-state index in [0.717, 1.165) is 0 Å². The highest BCUT2D eigenvalue weighted by atomic mass is 35.6. The maximum Gasteiger partial charge on any atom is 0.222 e. The smallest absolute Gasteiger partial charge is 0.154 e. The monoisotopic (exact) mass is 548 g/mol. The topological polar surface area (TPSA) is 0 Å². The summed E-state index contributed by atoms with van der Waals surface area (Å²) in [5, 5.41) is 5.26. The molecule has 0 aromatic heterocycles. The summed E-state index contributed by atoms with van der Waals surface area (Å²) in [7, 11) is -4.46. The maximum atomic E-state index is 7.21. The van der Waals surface area contributed by atoms with E-state index in [2.05, 4.69) is 139 Å². The first-order valence-electron chi connectivity index (χ1n) is 12.5. The Kier molecular flexibility index (Phi) is 9.11. The number of hydrogen-bond donors (Lipinski definition) is 0. The zero-order valence-corrected chi connectivity index (χ0v) is 25.8. The summed E-state index contributed by atoms with van der Waals surface area (Å²) in [4.78, 5) is 0. The minimum atomic E-state index is -2.23. The van der Waals surface area contributed by atoms with Crippen molar-refractivity contribution < 1.29 is 0 Å². The van der Waals surface area contributed by atoms with Gasteiger partial charge in [-0.3, -0.25) is 0 Å². The van der Waals surface area contributed by atoms with E-state index in [0.29, 0.717) is 0 Å². The summed E-state index contributed by atoms with van der Waals surface area (Å²) < 4.78 is 0. The average molecular weight is 550 g/mol. The van der Waals surface area contributed by atoms with Gasteiger partial charge in [0.1, 0.15) is 0 Å². The van der Waals surface area contributed by atoms with Gasteiger partial charge in [0.25, 0.3) is 0 Å². The van der Waals surface area contributed by atoms with Gasteiger partial charge in [-0.15, -0.1) is 0 Å². The Labute approximate surface area is 229 Å². The Bertz CT molecular complexity index is 1020. The molecule has 0 amide bonds. The fourth-order valence-electron chi connectivity index (χ4n) is 4.74. The van der Waals surface area contributed by atoms with E-state index in [1.54, 1.807) is 0 Å². The first-order chi connectivity index (χ1) is 16.9. The molecule has 4 aromatic carbocycles. The van der Waals surface area contributed by atoms with Gasteiger partial charge in [-0.2, -0.15) is 22.2 Å². The van der Waals surface area contributed by atoms with Crippen LogP contribution in [0.4, 0.5) is 0 Å². The second-order valence-electron chi connectivity index (χ2n) is 11.3. The minimum absolute atomic E-state index is 0.0667. The lowest BCUT2D eigenvalue weighted by Crippen LogP contribution is -2.59. The second-order valence-corrected chi connectivity index (χ2v) is 22.6. The van der Waals surface area contributed by atoms with Gasteiger partial charge in [0.2, 0.25) is 14.8 Å². The van der Waals surface area contributed by atoms with Crippen LogP contribution in [0.5, 0.6) is 0 Å². The van der Waals surface area contributed by atoms with Crippen molar-refractivity contribution in [3.63, 3.8) is 0 Å². The summed E-state index contributed by atoms with van der Waals surface area (Å²) in [5.41, 5.74) is 0. The van der Waals surface area contributed by atoms with Crippen molar-refractivity contribution in [1.82, 2.24) is 0 Å². The van der Waals surface area contributed by atoms with Crippen LogP contribution in [-0.2, 0) is 0 Å². The van der Waals surface area contributed by atoms with E-state index in [9.17, 15) is 0 Å². The summed E-state index contributed by atoms with van der Waals surface area (Å²) in [5.74, 6) is 0. The van der Waals surface area contributed by atoms with Crippen LogP contribution in [-0.4, -0.2) is 14.8 Å². The molecule has 0 aliphatic heterocycles. The molecule has 4 heteroatoms. The van der Waals surface area contributed by atoms with E-state index in [-0.39, 0.29) is 10.1 Å². The molecule has 0 unspecified atom stereocenters. The average Bonchev–Trinajstić information content (AvgIpc) is 2.89. The van der Waals surface area contributed by atoms with Crippen LogP contribution in [0, 0.1) is 0 Å². The molecule has 0 radical (unpaired) electrons. The van der Waals surface area contributed by atoms with Crippen molar-refractivity contribution in [1.29, 1.82) is 0 Å². The molecule has 4 rings (SSSR count). The van der Waals surface area contributed by atoms with E-state index >= 15 is 0 Å². The summed E-state index contributed by atoms with van der Waals surface area (Å²) >= 11 is 14.4. The number of rotatable bonds is 4. The van der Waals surface area contributed by atoms with Gasteiger partial charge in [0, 0.05) is 0 Å². The molecular weight excluding hydrogens is 511 g/mol. The zero-order chi connectivity index (χ0) is 26.5. The van der Waals surface area contributed by atoms with Crippen molar-refractivity contribution in [2.24, 2.45) is 0 Å². The highest BCUT2D eigenvalue weighted by Crippen LogP contribution is 2.39. The molecule has 0 saturated heterocycles. The first-order valence-corrected chi connectivity index (χ1v) is 18.5. The predicted molar refractivity (Wildman–Crippen MR) is 167 cm³/mol. The third-order valence-corrected chi connectivity index (χ3v) is 21.4. The molecule has 0 fully saturated rings. The van der Waals surface area contributed by atoms with Crippen LogP contribution in [0.3, 0.4) is 0 Å². The molecule has 0 spiro atoms. The highest BCUT2D eigenvalue weighted by molar-refractivity contribution is 7.36. The Balaban J connectivity index is 0.000000201. The molecule has 36 heavy (non-hydrogen) atoms. The molecule has 4 aromatic rings. The lowest BCUT2D eigenvalue weighted by Gasteiger charge is -2.38. The number of hydrogen-bond acceptors (Lipinski definition) is 0. The van der Waals surface area contributed by atoms with Gasteiger partial charge in [-0.25, -0.2) is 0 Å². The molecule has 0 bridgehead atoms. The zero-order valence-electron chi connectivity index (χ0n) is 22.3. The van der Waals surface area contributed by atoms with Crippen molar-refractivity contribution >= 4 is 57.7 Å². The van der Waals surface area contributed by atoms with Gasteiger partial charge in [0.15, 0.2) is 0 Å². The first kappa shape index (κ1) is 28.5. The van der Waals surface area contributed by atoms with Crippen molar-refractivity contribution in [3.8, 4) is 0 Å². The fourth-order valence-corrected chi connectivity index (χ4v) is 13.0. The van der Waals surface area contributed by atoms with Crippen LogP contribution in [0.15, 0.2) is 121 Å². The predicted octanol–water partition coefficient (Wildman–Crippen LogP) is 7.57. The van der Waals surface area contributed by atoms with Crippen LogP contribution in [0.1, 0.15) is 41.5 Å². The van der Waals surface area contributed by atoms with Crippen LogP contribution in [0.25, 0.3) is 0 Å². The fraction of sp³-hybridized carbons (Fsp3) is 0.250. The van der Waals surface area contributed by atoms with E-state index < -0.39 is 14.8 Å². The summed E-state index contributed by atoms with van der Waals surface area (Å²) in [6.45, 7) is 13.5. The van der Waals surface area contributed by atoms with Crippen LogP contribution < -0.4 is 20.7 Å². The molecule has 0 saturated carbocycles. The Morgan fingerprint density at radius 2 is 0.528 bits per heavy atom. The molecule has 0 atom stereocenters. The molecular formula is C32H38Cl2Si2. The van der Waals surface area contributed by atoms with Gasteiger partial charge < -0.3 is 0 Å². The van der Waals surface area contributed by atoms with Crippen molar-refractivity contribution in [2.75, 3.05) is 0 Å². The normalized spacial score (nSPS) is 12.4. The highest BCUT2D eigenvalue weighted by Gasteiger charge is 2.47. The second kappa shape index (κ2) is 11.5. The molecule has 0 aliphatic rings. The molecule has 0 nitrogen and oxygen atoms in total. The lowest BCUT2D eigenvalue weighted by molar-refractivity contribution is 0.744. The summed E-state index contributed by atoms with van der Waals surface area (Å²) in [6.07, 6.45) is 0. The largest absolute Gasteiger partial charge is 0.222 e. The molecule has 188 valence electrons. The number of halogens is 2. The Morgan fingerprint density at radius 3 is 0.667 bits per heavy atom. The van der Waals surface area contributed by atoms with Crippen molar-refractivity contribution in [2.45, 2.75) is 51.6 Å². The van der Waals surface area contributed by atoms with Gasteiger partial charge >= 0.3 is 0 Å². The standard InChI is InChI=1S/2C16H19ClSi/c2*1-16(2,3)18(17,14-10-6-4-7-11-14)15-12-8-5-9-13-15/h2*4-13H,1-3H3. The Morgan fingerprint density at radius 1 is 0.361 bits per heavy atom. The van der Waals surface area contributed by atoms with Crippen molar-refractivity contribution in [3.05, 3.63) is 121 Å². The third kappa shape index (κ3) is 5.89. The van der Waals surface area contributed by atoms with Crippen LogP contribution >= 0.6 is 22.2 Å². The lowest BCUT2D eigenvalue weighted by atomic mass is 10.2. The van der Waals surface area contributed by atoms with Gasteiger partial charge in [-0.1, -0.05) is 163 Å². The summed E-state index contributed by atoms with van der Waals surface area (Å²) in [6, 6.07) is 42.1. The molecule has 0 N–H and O–H groups in total. The van der Waals surface area contributed by atoms with E-state index in [1.165, 1.54) is 20.7 Å². The SMILES string of the molecule is CC(C)(C)[Si](Cl)(c1ccccc1)c1ccccc1.CC(C)(C)[Si](Cl)(c1ccccc1)c1ccccc1. The van der Waals surface area contributed by atoms with Crippen LogP contribution in [0.2, 0.25) is 10.1 Å². The van der Waals surface area contributed by atoms with Gasteiger partial charge in [-0.05, 0) is 30.8 Å². The quantitative estimate of drug-likeness (QED) is 0.182. The van der Waals surface area contributed by atoms with E-state index in [4.69, 9.17) is 22.2 Å². The minimum Gasteiger partial charge on any atom is -0.154 e. The third-order valence-electron chi connectivity index (χ3n) is 6.75. The van der Waals surface area contributed by atoms with E-state index in [1.807, 2.05) is 24.3 Å². The maximum absolute atomic E-state index is 7.21.